The van der Waals surface area contributed by atoms with Crippen LogP contribution in [0.3, 0.4) is 0 Å². The summed E-state index contributed by atoms with van der Waals surface area (Å²) in [5, 5.41) is 0.182. The molecule has 0 N–H and O–H groups in total. The van der Waals surface area contributed by atoms with Gasteiger partial charge in [0.1, 0.15) is 4.83 Å². The van der Waals surface area contributed by atoms with E-state index in [1.807, 2.05) is 12.1 Å². The van der Waals surface area contributed by atoms with E-state index in [0.717, 1.165) is 5.56 Å². The third-order valence-corrected chi connectivity index (χ3v) is 5.14. The first-order chi connectivity index (χ1) is 12.3. The van der Waals surface area contributed by atoms with Crippen molar-refractivity contribution >= 4 is 62.7 Å². The predicted octanol–water partition coefficient (Wildman–Crippen LogP) is 6.38. The van der Waals surface area contributed by atoms with Crippen molar-refractivity contribution in [3.63, 3.8) is 0 Å². The first-order valence-electron chi connectivity index (χ1n) is 7.26. The van der Waals surface area contributed by atoms with E-state index in [4.69, 9.17) is 34.8 Å². The molecule has 0 aromatic heterocycles. The Morgan fingerprint density at radius 3 is 1.67 bits per heavy atom. The van der Waals surface area contributed by atoms with Gasteiger partial charge < -0.3 is 9.47 Å². The Kier molecular flexibility index (Phi) is 12.4. The highest BCUT2D eigenvalue weighted by Gasteiger charge is 2.20. The van der Waals surface area contributed by atoms with Crippen molar-refractivity contribution in [3.8, 4) is 0 Å². The number of carbonyl (C=O) groups is 2. The van der Waals surface area contributed by atoms with Crippen molar-refractivity contribution in [2.24, 2.45) is 0 Å². The lowest BCUT2D eigenvalue weighted by molar-refractivity contribution is -0.141. The highest BCUT2D eigenvalue weighted by Crippen LogP contribution is 2.30. The number of hydrogen-bond donors (Lipinski definition) is 0. The van der Waals surface area contributed by atoms with Gasteiger partial charge in [0, 0.05) is 10.0 Å². The lowest BCUT2D eigenvalue weighted by atomic mass is 10.1. The van der Waals surface area contributed by atoms with Crippen molar-refractivity contribution < 1.29 is 19.1 Å². The van der Waals surface area contributed by atoms with Crippen LogP contribution in [0.15, 0.2) is 48.5 Å². The van der Waals surface area contributed by atoms with Crippen LogP contribution in [0.1, 0.15) is 28.8 Å². The van der Waals surface area contributed by atoms with Crippen molar-refractivity contribution in [1.82, 2.24) is 0 Å². The molecule has 0 amide bonds. The Morgan fingerprint density at radius 2 is 1.26 bits per heavy atom. The minimum atomic E-state index is -0.835. The standard InChI is InChI=1S/C9H8BrClO2.C9H8Cl2O2.CH4/c1-13-9(12)8(10)6-4-2-3-5-7(6)11;1-13-9(12)8(11)6-4-2-3-5-7(6)10;/h2*2-5,8H,1H3;1H4. The quantitative estimate of drug-likeness (QED) is 0.363. The van der Waals surface area contributed by atoms with Gasteiger partial charge in [-0.2, -0.15) is 0 Å². The SMILES string of the molecule is C.COC(=O)C(Br)c1ccccc1Cl.COC(=O)C(Cl)c1ccccc1Cl. The highest BCUT2D eigenvalue weighted by molar-refractivity contribution is 9.09. The summed E-state index contributed by atoms with van der Waals surface area (Å²) in [5.41, 5.74) is 1.29. The number of rotatable bonds is 4. The molecule has 0 bridgehead atoms. The number of hydrogen-bond acceptors (Lipinski definition) is 4. The molecule has 0 radical (unpaired) electrons. The van der Waals surface area contributed by atoms with E-state index in [2.05, 4.69) is 25.4 Å². The van der Waals surface area contributed by atoms with E-state index in [9.17, 15) is 9.59 Å². The summed E-state index contributed by atoms with van der Waals surface area (Å²) in [6, 6.07) is 14.0. The zero-order valence-electron chi connectivity index (χ0n) is 13.9. The number of benzene rings is 2. The molecule has 2 aromatic rings. The van der Waals surface area contributed by atoms with Gasteiger partial charge in [0.05, 0.1) is 14.2 Å². The van der Waals surface area contributed by atoms with E-state index in [0.29, 0.717) is 15.6 Å². The van der Waals surface area contributed by atoms with Crippen LogP contribution in [-0.2, 0) is 19.1 Å². The van der Waals surface area contributed by atoms with E-state index in [-0.39, 0.29) is 13.4 Å². The number of ether oxygens (including phenoxy) is 2. The lowest BCUT2D eigenvalue weighted by Gasteiger charge is -2.08. The summed E-state index contributed by atoms with van der Waals surface area (Å²) in [6.07, 6.45) is 0. The Hall–Kier alpha value is -1.27. The molecule has 0 aliphatic rings. The fourth-order valence-electron chi connectivity index (χ4n) is 1.82. The zero-order chi connectivity index (χ0) is 19.7. The molecule has 2 aromatic carbocycles. The molecular formula is C19H20BrCl3O4. The van der Waals surface area contributed by atoms with E-state index >= 15 is 0 Å². The van der Waals surface area contributed by atoms with Gasteiger partial charge in [-0.05, 0) is 23.3 Å². The van der Waals surface area contributed by atoms with Gasteiger partial charge >= 0.3 is 11.9 Å². The molecule has 2 atom stereocenters. The van der Waals surface area contributed by atoms with Gasteiger partial charge in [0.15, 0.2) is 5.38 Å². The lowest BCUT2D eigenvalue weighted by Crippen LogP contribution is -2.08. The summed E-state index contributed by atoms with van der Waals surface area (Å²) >= 11 is 20.7. The first-order valence-corrected chi connectivity index (χ1v) is 9.36. The van der Waals surface area contributed by atoms with Crippen molar-refractivity contribution in [2.45, 2.75) is 17.6 Å². The largest absolute Gasteiger partial charge is 0.468 e. The Balaban J connectivity index is 0.000000483. The van der Waals surface area contributed by atoms with Crippen molar-refractivity contribution in [1.29, 1.82) is 0 Å². The summed E-state index contributed by atoms with van der Waals surface area (Å²) < 4.78 is 9.07. The van der Waals surface area contributed by atoms with Gasteiger partial charge in [-0.25, -0.2) is 0 Å². The summed E-state index contributed by atoms with van der Waals surface area (Å²) in [4.78, 5) is 21.7. The molecule has 0 aliphatic carbocycles. The Labute approximate surface area is 182 Å². The van der Waals surface area contributed by atoms with Crippen LogP contribution >= 0.6 is 50.7 Å². The first kappa shape index (κ1) is 25.7. The van der Waals surface area contributed by atoms with Crippen LogP contribution in [0.4, 0.5) is 0 Å². The average molecular weight is 499 g/mol. The molecule has 8 heteroatoms. The molecule has 148 valence electrons. The maximum Gasteiger partial charge on any atom is 0.328 e. The minimum Gasteiger partial charge on any atom is -0.468 e. The van der Waals surface area contributed by atoms with Crippen LogP contribution in [0, 0.1) is 0 Å². The third kappa shape index (κ3) is 7.70. The molecule has 2 unspecified atom stereocenters. The van der Waals surface area contributed by atoms with E-state index in [1.165, 1.54) is 14.2 Å². The number of methoxy groups -OCH3 is 2. The smallest absolute Gasteiger partial charge is 0.328 e. The summed E-state index contributed by atoms with van der Waals surface area (Å²) in [7, 11) is 2.63. The molecule has 0 saturated heterocycles. The predicted molar refractivity (Wildman–Crippen MR) is 114 cm³/mol. The molecule has 2 rings (SSSR count). The number of alkyl halides is 2. The number of halogens is 4. The second kappa shape index (κ2) is 13.0. The van der Waals surface area contributed by atoms with E-state index < -0.39 is 16.2 Å². The fraction of sp³-hybridized carbons (Fsp3) is 0.263. The van der Waals surface area contributed by atoms with Crippen LogP contribution in [0.2, 0.25) is 10.0 Å². The van der Waals surface area contributed by atoms with Gasteiger partial charge in [-0.3, -0.25) is 9.59 Å². The van der Waals surface area contributed by atoms with Crippen LogP contribution < -0.4 is 0 Å². The van der Waals surface area contributed by atoms with Gasteiger partial charge in [-0.1, -0.05) is 83.0 Å². The van der Waals surface area contributed by atoms with Crippen LogP contribution in [0.25, 0.3) is 0 Å². The van der Waals surface area contributed by atoms with Gasteiger partial charge in [0.25, 0.3) is 0 Å². The van der Waals surface area contributed by atoms with E-state index in [1.54, 1.807) is 36.4 Å². The zero-order valence-corrected chi connectivity index (χ0v) is 17.8. The average Bonchev–Trinajstić information content (AvgIpc) is 2.67. The molecule has 0 aliphatic heterocycles. The molecule has 0 saturated carbocycles. The minimum absolute atomic E-state index is 0. The summed E-state index contributed by atoms with van der Waals surface area (Å²) in [6.45, 7) is 0. The Morgan fingerprint density at radius 1 is 0.852 bits per heavy atom. The van der Waals surface area contributed by atoms with Crippen LogP contribution in [-0.4, -0.2) is 26.2 Å². The second-order valence-corrected chi connectivity index (χ2v) is 6.98. The Bertz CT molecular complexity index is 692. The normalized spacial score (nSPS) is 11.8. The second-order valence-electron chi connectivity index (χ2n) is 4.81. The van der Waals surface area contributed by atoms with Gasteiger partial charge in [0.2, 0.25) is 0 Å². The van der Waals surface area contributed by atoms with Crippen molar-refractivity contribution in [3.05, 3.63) is 69.7 Å². The van der Waals surface area contributed by atoms with Crippen molar-refractivity contribution in [2.75, 3.05) is 14.2 Å². The summed E-state index contributed by atoms with van der Waals surface area (Å²) in [5.74, 6) is -0.858. The maximum atomic E-state index is 11.1. The highest BCUT2D eigenvalue weighted by atomic mass is 79.9. The molecule has 0 spiro atoms. The van der Waals surface area contributed by atoms with Crippen LogP contribution in [0.5, 0.6) is 0 Å². The molecular weight excluding hydrogens is 478 g/mol. The fourth-order valence-corrected chi connectivity index (χ4v) is 3.37. The van der Waals surface area contributed by atoms with Gasteiger partial charge in [-0.15, -0.1) is 11.6 Å². The molecule has 4 nitrogen and oxygen atoms in total. The molecule has 0 heterocycles. The topological polar surface area (TPSA) is 52.6 Å². The maximum absolute atomic E-state index is 11.1. The number of carbonyl (C=O) groups excluding carboxylic acids is 2. The third-order valence-electron chi connectivity index (χ3n) is 3.17. The number of esters is 2. The monoisotopic (exact) mass is 496 g/mol. The molecule has 0 fully saturated rings. The molecule has 27 heavy (non-hydrogen) atoms.